The molecule has 19 heavy (non-hydrogen) atoms. The van der Waals surface area contributed by atoms with Crippen LogP contribution in [0.25, 0.3) is 10.9 Å². The molecule has 1 heterocycles. The summed E-state index contributed by atoms with van der Waals surface area (Å²) in [5.41, 5.74) is 1.96. The number of hydrogen-bond acceptors (Lipinski definition) is 0. The van der Waals surface area contributed by atoms with Crippen LogP contribution in [0.15, 0.2) is 53.1 Å². The van der Waals surface area contributed by atoms with Crippen molar-refractivity contribution in [1.29, 1.82) is 0 Å². The minimum Gasteiger partial charge on any atom is -0.343 e. The molecule has 0 fully saturated rings. The van der Waals surface area contributed by atoms with Crippen molar-refractivity contribution in [1.82, 2.24) is 4.57 Å². The Labute approximate surface area is 123 Å². The van der Waals surface area contributed by atoms with Crippen LogP contribution in [0.2, 0.25) is 5.02 Å². The van der Waals surface area contributed by atoms with Gasteiger partial charge in [0.25, 0.3) is 0 Å². The molecule has 1 aromatic heterocycles. The summed E-state index contributed by atoms with van der Waals surface area (Å²) in [5, 5.41) is 1.75. The van der Waals surface area contributed by atoms with Crippen LogP contribution in [0.5, 0.6) is 0 Å². The summed E-state index contributed by atoms with van der Waals surface area (Å²) in [6.07, 6.45) is 1.97. The topological polar surface area (TPSA) is 4.93 Å². The Morgan fingerprint density at radius 3 is 2.79 bits per heavy atom. The minimum atomic E-state index is -0.237. The van der Waals surface area contributed by atoms with E-state index in [9.17, 15) is 4.39 Å². The van der Waals surface area contributed by atoms with E-state index in [2.05, 4.69) is 20.5 Å². The Kier molecular flexibility index (Phi) is 3.33. The van der Waals surface area contributed by atoms with Crippen molar-refractivity contribution in [2.75, 3.05) is 0 Å². The van der Waals surface area contributed by atoms with Crippen LogP contribution in [0.1, 0.15) is 5.56 Å². The molecule has 0 radical (unpaired) electrons. The Morgan fingerprint density at radius 1 is 1.16 bits per heavy atom. The molecule has 0 saturated carbocycles. The third-order valence-electron chi connectivity index (χ3n) is 3.04. The van der Waals surface area contributed by atoms with Crippen LogP contribution < -0.4 is 0 Å². The fraction of sp³-hybridized carbons (Fsp3) is 0.0667. The molecule has 0 bridgehead atoms. The highest BCUT2D eigenvalue weighted by Crippen LogP contribution is 2.25. The zero-order valence-corrected chi connectivity index (χ0v) is 12.2. The zero-order valence-electron chi connectivity index (χ0n) is 9.91. The lowest BCUT2D eigenvalue weighted by molar-refractivity contribution is 0.623. The first-order valence-electron chi connectivity index (χ1n) is 5.82. The van der Waals surface area contributed by atoms with E-state index in [1.54, 1.807) is 6.07 Å². The predicted molar refractivity (Wildman–Crippen MR) is 80.2 cm³/mol. The quantitative estimate of drug-likeness (QED) is 0.602. The second kappa shape index (κ2) is 4.99. The number of rotatable bonds is 2. The van der Waals surface area contributed by atoms with Crippen molar-refractivity contribution >= 4 is 38.4 Å². The van der Waals surface area contributed by atoms with Gasteiger partial charge in [0.15, 0.2) is 0 Å². The van der Waals surface area contributed by atoms with Gasteiger partial charge in [-0.25, -0.2) is 4.39 Å². The highest BCUT2D eigenvalue weighted by molar-refractivity contribution is 9.10. The van der Waals surface area contributed by atoms with Crippen LogP contribution in [0, 0.1) is 5.82 Å². The van der Waals surface area contributed by atoms with Crippen LogP contribution in [0.4, 0.5) is 4.39 Å². The highest BCUT2D eigenvalue weighted by atomic mass is 79.9. The van der Waals surface area contributed by atoms with Crippen molar-refractivity contribution in [3.05, 3.63) is 69.5 Å². The zero-order chi connectivity index (χ0) is 13.4. The first kappa shape index (κ1) is 12.7. The van der Waals surface area contributed by atoms with Gasteiger partial charge < -0.3 is 4.57 Å². The maximum atomic E-state index is 13.4. The largest absolute Gasteiger partial charge is 0.343 e. The molecule has 4 heteroatoms. The first-order chi connectivity index (χ1) is 9.13. The fourth-order valence-electron chi connectivity index (χ4n) is 2.22. The summed E-state index contributed by atoms with van der Waals surface area (Å²) in [7, 11) is 0. The van der Waals surface area contributed by atoms with E-state index in [-0.39, 0.29) is 5.82 Å². The van der Waals surface area contributed by atoms with Crippen molar-refractivity contribution in [3.8, 4) is 0 Å². The Bertz CT molecular complexity index is 731. The van der Waals surface area contributed by atoms with E-state index in [1.165, 1.54) is 6.07 Å². The Hall–Kier alpha value is -1.32. The van der Waals surface area contributed by atoms with Gasteiger partial charge in [-0.05, 0) is 42.0 Å². The molecule has 0 aliphatic carbocycles. The van der Waals surface area contributed by atoms with Crippen molar-refractivity contribution in [2.45, 2.75) is 6.54 Å². The molecule has 2 aromatic carbocycles. The molecule has 1 nitrogen and oxygen atoms in total. The van der Waals surface area contributed by atoms with Crippen molar-refractivity contribution < 1.29 is 4.39 Å². The van der Waals surface area contributed by atoms with Gasteiger partial charge in [-0.3, -0.25) is 0 Å². The molecular weight excluding hydrogens is 329 g/mol. The number of benzene rings is 2. The lowest BCUT2D eigenvalue weighted by Gasteiger charge is -2.07. The maximum Gasteiger partial charge on any atom is 0.124 e. The molecule has 0 amide bonds. The average Bonchev–Trinajstić information content (AvgIpc) is 2.73. The lowest BCUT2D eigenvalue weighted by atomic mass is 10.2. The summed E-state index contributed by atoms with van der Waals surface area (Å²) in [6.45, 7) is 0.611. The summed E-state index contributed by atoms with van der Waals surface area (Å²) >= 11 is 9.45. The third kappa shape index (κ3) is 2.53. The van der Waals surface area contributed by atoms with Crippen molar-refractivity contribution in [3.63, 3.8) is 0 Å². The van der Waals surface area contributed by atoms with E-state index in [0.29, 0.717) is 6.54 Å². The number of fused-ring (bicyclic) bond motifs is 1. The highest BCUT2D eigenvalue weighted by Gasteiger charge is 2.06. The van der Waals surface area contributed by atoms with Gasteiger partial charge in [0.05, 0.1) is 0 Å². The van der Waals surface area contributed by atoms with Crippen molar-refractivity contribution in [2.24, 2.45) is 0 Å². The molecule has 0 aliphatic rings. The molecule has 3 rings (SSSR count). The maximum absolute atomic E-state index is 13.4. The lowest BCUT2D eigenvalue weighted by Crippen LogP contribution is -1.98. The van der Waals surface area contributed by atoms with E-state index in [1.807, 2.05) is 36.5 Å². The Morgan fingerprint density at radius 2 is 2.00 bits per heavy atom. The predicted octanol–water partition coefficient (Wildman–Crippen LogP) is 5.24. The number of nitrogens with zero attached hydrogens (tertiary/aromatic N) is 1. The van der Waals surface area contributed by atoms with Crippen LogP contribution in [-0.4, -0.2) is 4.57 Å². The fourth-order valence-corrected chi connectivity index (χ4v) is 2.97. The van der Waals surface area contributed by atoms with Gasteiger partial charge >= 0.3 is 0 Å². The number of aromatic nitrogens is 1. The molecule has 0 atom stereocenters. The summed E-state index contributed by atoms with van der Waals surface area (Å²) in [4.78, 5) is 0. The van der Waals surface area contributed by atoms with Gasteiger partial charge in [0.2, 0.25) is 0 Å². The first-order valence-corrected chi connectivity index (χ1v) is 6.99. The van der Waals surface area contributed by atoms with Gasteiger partial charge in [-0.15, -0.1) is 0 Å². The normalized spacial score (nSPS) is 11.1. The molecular formula is C15H10BrClFN. The van der Waals surface area contributed by atoms with Gasteiger partial charge in [-0.1, -0.05) is 33.6 Å². The Balaban J connectivity index is 2.04. The average molecular weight is 339 g/mol. The minimum absolute atomic E-state index is 0.237. The molecule has 3 aromatic rings. The van der Waals surface area contributed by atoms with Gasteiger partial charge in [0.1, 0.15) is 5.82 Å². The molecule has 0 N–H and O–H groups in total. The summed E-state index contributed by atoms with van der Waals surface area (Å²) in [6, 6.07) is 12.7. The van der Waals surface area contributed by atoms with Crippen LogP contribution >= 0.6 is 27.5 Å². The van der Waals surface area contributed by atoms with Gasteiger partial charge in [-0.2, -0.15) is 0 Å². The van der Waals surface area contributed by atoms with Gasteiger partial charge in [0, 0.05) is 33.1 Å². The second-order valence-electron chi connectivity index (χ2n) is 4.39. The number of halogens is 3. The van der Waals surface area contributed by atoms with E-state index in [0.717, 1.165) is 26.0 Å². The van der Waals surface area contributed by atoms with E-state index in [4.69, 9.17) is 11.6 Å². The smallest absolute Gasteiger partial charge is 0.124 e. The molecule has 0 spiro atoms. The van der Waals surface area contributed by atoms with Crippen LogP contribution in [-0.2, 0) is 6.54 Å². The van der Waals surface area contributed by atoms with E-state index < -0.39 is 0 Å². The van der Waals surface area contributed by atoms with Crippen LogP contribution in [0.3, 0.4) is 0 Å². The summed E-state index contributed by atoms with van der Waals surface area (Å²) < 4.78 is 16.2. The second-order valence-corrected chi connectivity index (χ2v) is 5.72. The standard InChI is InChI=1S/C15H10BrClFN/c16-11-6-10(7-12(18)8-11)9-19-5-4-13-14(17)2-1-3-15(13)19/h1-8H,9H2. The monoisotopic (exact) mass is 337 g/mol. The SMILES string of the molecule is Fc1cc(Br)cc(Cn2ccc3c(Cl)cccc32)c1. The molecule has 0 saturated heterocycles. The third-order valence-corrected chi connectivity index (χ3v) is 3.82. The summed E-state index contributed by atoms with van der Waals surface area (Å²) in [5.74, 6) is -0.237. The molecule has 0 aliphatic heterocycles. The van der Waals surface area contributed by atoms with E-state index >= 15 is 0 Å². The molecule has 96 valence electrons. The number of hydrogen-bond donors (Lipinski definition) is 0. The molecule has 0 unspecified atom stereocenters.